The first-order chi connectivity index (χ1) is 24.7. The van der Waals surface area contributed by atoms with Crippen LogP contribution in [0.2, 0.25) is 0 Å². The zero-order chi connectivity index (χ0) is 33.0. The van der Waals surface area contributed by atoms with Crippen molar-refractivity contribution in [3.8, 4) is 55.9 Å². The highest BCUT2D eigenvalue weighted by molar-refractivity contribution is 7.26. The highest BCUT2D eigenvalue weighted by atomic mass is 32.1. The number of thiophene rings is 1. The van der Waals surface area contributed by atoms with E-state index in [1.807, 2.05) is 12.1 Å². The standard InChI is InChI=1S/C44H26N4S2/c1-3-11-27(12-4-1)31-17-9-18-32(23-31)41-46-42(33-22-21-28-13-7-8-16-30(28)24-33)48-43(47-41)34-19-10-20-37-40(34)35-25-39-36(26-38(35)49-37)45-44(50-39)29-14-5-2-6-15-29/h1-26H. The lowest BCUT2D eigenvalue weighted by molar-refractivity contribution is 1.08. The van der Waals surface area contributed by atoms with Gasteiger partial charge in [-0.05, 0) is 52.2 Å². The Labute approximate surface area is 296 Å². The molecule has 6 heteroatoms. The Morgan fingerprint density at radius 2 is 1.02 bits per heavy atom. The van der Waals surface area contributed by atoms with Gasteiger partial charge in [0, 0.05) is 42.4 Å². The van der Waals surface area contributed by atoms with Crippen LogP contribution in [0.4, 0.5) is 0 Å². The summed E-state index contributed by atoms with van der Waals surface area (Å²) in [6.45, 7) is 0. The minimum atomic E-state index is 0.643. The van der Waals surface area contributed by atoms with Crippen molar-refractivity contribution in [3.05, 3.63) is 158 Å². The molecule has 0 atom stereocenters. The summed E-state index contributed by atoms with van der Waals surface area (Å²) in [5.74, 6) is 1.95. The van der Waals surface area contributed by atoms with Crippen molar-refractivity contribution >= 4 is 63.8 Å². The zero-order valence-electron chi connectivity index (χ0n) is 26.6. The number of thiazole rings is 1. The van der Waals surface area contributed by atoms with Gasteiger partial charge < -0.3 is 0 Å². The Morgan fingerprint density at radius 1 is 0.360 bits per heavy atom. The van der Waals surface area contributed by atoms with Crippen molar-refractivity contribution < 1.29 is 0 Å². The predicted molar refractivity (Wildman–Crippen MR) is 211 cm³/mol. The third-order valence-electron chi connectivity index (χ3n) is 9.14. The van der Waals surface area contributed by atoms with Crippen molar-refractivity contribution in [1.29, 1.82) is 0 Å². The second-order valence-electron chi connectivity index (χ2n) is 12.3. The van der Waals surface area contributed by atoms with E-state index in [1.165, 1.54) is 20.2 Å². The predicted octanol–water partition coefficient (Wildman–Crippen LogP) is 12.3. The van der Waals surface area contributed by atoms with Crippen LogP contribution in [-0.4, -0.2) is 19.9 Å². The van der Waals surface area contributed by atoms with E-state index in [4.69, 9.17) is 19.9 Å². The number of aromatic nitrogens is 4. The summed E-state index contributed by atoms with van der Waals surface area (Å²) in [5, 5.41) is 5.71. The molecule has 0 aliphatic rings. The van der Waals surface area contributed by atoms with Gasteiger partial charge in [0.1, 0.15) is 5.01 Å². The Balaban J connectivity index is 1.19. The normalized spacial score (nSPS) is 11.6. The van der Waals surface area contributed by atoms with E-state index >= 15 is 0 Å². The second-order valence-corrected chi connectivity index (χ2v) is 14.4. The first-order valence-electron chi connectivity index (χ1n) is 16.5. The molecule has 4 nitrogen and oxygen atoms in total. The summed E-state index contributed by atoms with van der Waals surface area (Å²) >= 11 is 3.52. The number of rotatable bonds is 5. The van der Waals surface area contributed by atoms with Crippen molar-refractivity contribution in [3.63, 3.8) is 0 Å². The highest BCUT2D eigenvalue weighted by Crippen LogP contribution is 2.43. The molecule has 0 fully saturated rings. The van der Waals surface area contributed by atoms with Crippen LogP contribution in [0.5, 0.6) is 0 Å². The molecule has 0 spiro atoms. The van der Waals surface area contributed by atoms with Crippen LogP contribution in [0, 0.1) is 0 Å². The maximum atomic E-state index is 5.21. The SMILES string of the molecule is c1ccc(-c2cccc(-c3nc(-c4ccc5ccccc5c4)nc(-c4cccc5sc6cc7nc(-c8ccccc8)sc7cc6c45)n3)c2)cc1. The summed E-state index contributed by atoms with van der Waals surface area (Å²) in [6, 6.07) is 55.1. The first kappa shape index (κ1) is 28.9. The van der Waals surface area contributed by atoms with Crippen LogP contribution in [0.15, 0.2) is 158 Å². The van der Waals surface area contributed by atoms with Gasteiger partial charge in [-0.2, -0.15) is 0 Å². The number of benzene rings is 7. The molecular formula is C44H26N4S2. The minimum absolute atomic E-state index is 0.643. The van der Waals surface area contributed by atoms with E-state index in [-0.39, 0.29) is 0 Å². The lowest BCUT2D eigenvalue weighted by atomic mass is 10.0. The second kappa shape index (κ2) is 11.8. The Morgan fingerprint density at radius 3 is 1.84 bits per heavy atom. The molecule has 0 saturated heterocycles. The average molecular weight is 675 g/mol. The van der Waals surface area contributed by atoms with Gasteiger partial charge in [0.25, 0.3) is 0 Å². The molecule has 0 unspecified atom stereocenters. The van der Waals surface area contributed by atoms with E-state index < -0.39 is 0 Å². The summed E-state index contributed by atoms with van der Waals surface area (Å²) < 4.78 is 3.56. The van der Waals surface area contributed by atoms with Gasteiger partial charge in [-0.25, -0.2) is 19.9 Å². The molecule has 0 bridgehead atoms. The molecular weight excluding hydrogens is 649 g/mol. The van der Waals surface area contributed by atoms with E-state index in [1.54, 1.807) is 22.7 Å². The molecule has 10 rings (SSSR count). The van der Waals surface area contributed by atoms with Crippen LogP contribution < -0.4 is 0 Å². The number of nitrogens with zero attached hydrogens (tertiary/aromatic N) is 4. The Kier molecular flexibility index (Phi) is 6.82. The Bertz CT molecular complexity index is 2880. The smallest absolute Gasteiger partial charge is 0.164 e. The van der Waals surface area contributed by atoms with E-state index in [2.05, 4.69) is 146 Å². The zero-order valence-corrected chi connectivity index (χ0v) is 28.2. The van der Waals surface area contributed by atoms with Crippen molar-refractivity contribution in [2.24, 2.45) is 0 Å². The van der Waals surface area contributed by atoms with Gasteiger partial charge in [-0.3, -0.25) is 0 Å². The number of hydrogen-bond donors (Lipinski definition) is 0. The van der Waals surface area contributed by atoms with Gasteiger partial charge >= 0.3 is 0 Å². The summed E-state index contributed by atoms with van der Waals surface area (Å²) in [7, 11) is 0. The molecule has 0 radical (unpaired) electrons. The molecule has 7 aromatic carbocycles. The number of hydrogen-bond acceptors (Lipinski definition) is 6. The molecule has 50 heavy (non-hydrogen) atoms. The monoisotopic (exact) mass is 674 g/mol. The Hall–Kier alpha value is -6.08. The van der Waals surface area contributed by atoms with Crippen molar-refractivity contribution in [2.45, 2.75) is 0 Å². The van der Waals surface area contributed by atoms with Gasteiger partial charge in [0.05, 0.1) is 10.2 Å². The van der Waals surface area contributed by atoms with Crippen LogP contribution in [0.3, 0.4) is 0 Å². The van der Waals surface area contributed by atoms with E-state index in [0.29, 0.717) is 17.5 Å². The molecule has 0 saturated carbocycles. The summed E-state index contributed by atoms with van der Waals surface area (Å²) in [6.07, 6.45) is 0. The van der Waals surface area contributed by atoms with E-state index in [9.17, 15) is 0 Å². The van der Waals surface area contributed by atoms with Gasteiger partial charge in [0.15, 0.2) is 17.5 Å². The number of fused-ring (bicyclic) bond motifs is 5. The lowest BCUT2D eigenvalue weighted by Crippen LogP contribution is -2.00. The van der Waals surface area contributed by atoms with Crippen LogP contribution in [0.1, 0.15) is 0 Å². The average Bonchev–Trinajstić information content (AvgIpc) is 3.78. The van der Waals surface area contributed by atoms with Crippen molar-refractivity contribution in [1.82, 2.24) is 19.9 Å². The molecule has 3 aromatic heterocycles. The maximum Gasteiger partial charge on any atom is 0.164 e. The summed E-state index contributed by atoms with van der Waals surface area (Å²) in [5.41, 5.74) is 7.32. The minimum Gasteiger partial charge on any atom is -0.236 e. The first-order valence-corrected chi connectivity index (χ1v) is 18.1. The summed E-state index contributed by atoms with van der Waals surface area (Å²) in [4.78, 5) is 20.5. The van der Waals surface area contributed by atoms with Gasteiger partial charge in [-0.1, -0.05) is 127 Å². The lowest BCUT2D eigenvalue weighted by Gasteiger charge is -2.11. The molecule has 3 heterocycles. The largest absolute Gasteiger partial charge is 0.236 e. The highest BCUT2D eigenvalue weighted by Gasteiger charge is 2.19. The molecule has 234 valence electrons. The molecule has 0 amide bonds. The third kappa shape index (κ3) is 5.05. The third-order valence-corrected chi connectivity index (χ3v) is 11.3. The maximum absolute atomic E-state index is 5.21. The van der Waals surface area contributed by atoms with E-state index in [0.717, 1.165) is 59.4 Å². The van der Waals surface area contributed by atoms with Gasteiger partial charge in [0.2, 0.25) is 0 Å². The topological polar surface area (TPSA) is 51.6 Å². The fourth-order valence-electron chi connectivity index (χ4n) is 6.69. The van der Waals surface area contributed by atoms with Crippen LogP contribution in [0.25, 0.3) is 97.0 Å². The van der Waals surface area contributed by atoms with Crippen LogP contribution >= 0.6 is 22.7 Å². The van der Waals surface area contributed by atoms with Gasteiger partial charge in [-0.15, -0.1) is 22.7 Å². The molecule has 0 aliphatic carbocycles. The molecule has 0 N–H and O–H groups in total. The molecule has 10 aromatic rings. The van der Waals surface area contributed by atoms with Crippen molar-refractivity contribution in [2.75, 3.05) is 0 Å². The fourth-order valence-corrected chi connectivity index (χ4v) is 8.83. The molecule has 0 aliphatic heterocycles. The fraction of sp³-hybridized carbons (Fsp3) is 0. The van der Waals surface area contributed by atoms with Crippen LogP contribution in [-0.2, 0) is 0 Å². The quantitative estimate of drug-likeness (QED) is 0.182.